The van der Waals surface area contributed by atoms with Gasteiger partial charge in [0.1, 0.15) is 0 Å². The highest BCUT2D eigenvalue weighted by atomic mass is 16.5. The predicted octanol–water partition coefficient (Wildman–Crippen LogP) is 2.70. The lowest BCUT2D eigenvalue weighted by atomic mass is 9.69. The fourth-order valence-electron chi connectivity index (χ4n) is 3.80. The van der Waals surface area contributed by atoms with Gasteiger partial charge < -0.3 is 10.1 Å². The molecule has 20 heavy (non-hydrogen) atoms. The van der Waals surface area contributed by atoms with Crippen molar-refractivity contribution >= 4 is 0 Å². The van der Waals surface area contributed by atoms with Crippen molar-refractivity contribution in [3.05, 3.63) is 23.0 Å². The van der Waals surface area contributed by atoms with Gasteiger partial charge in [-0.1, -0.05) is 0 Å². The Morgan fingerprint density at radius 3 is 2.80 bits per heavy atom. The maximum absolute atomic E-state index is 6.06. The highest BCUT2D eigenvalue weighted by Crippen LogP contribution is 2.47. The van der Waals surface area contributed by atoms with Crippen LogP contribution in [0.1, 0.15) is 55.1 Å². The van der Waals surface area contributed by atoms with Crippen LogP contribution >= 0.6 is 0 Å². The van der Waals surface area contributed by atoms with Crippen LogP contribution in [0.3, 0.4) is 0 Å². The molecule has 1 aliphatic heterocycles. The average molecular weight is 275 g/mol. The van der Waals surface area contributed by atoms with E-state index in [-0.39, 0.29) is 5.60 Å². The number of hydrogen-bond donors (Lipinski definition) is 1. The van der Waals surface area contributed by atoms with Crippen LogP contribution < -0.4 is 5.32 Å². The van der Waals surface area contributed by atoms with Crippen molar-refractivity contribution in [2.45, 2.75) is 57.6 Å². The molecule has 2 fully saturated rings. The van der Waals surface area contributed by atoms with Gasteiger partial charge >= 0.3 is 0 Å². The second-order valence-corrected chi connectivity index (χ2v) is 6.43. The van der Waals surface area contributed by atoms with Gasteiger partial charge in [0.15, 0.2) is 0 Å². The standard InChI is InChI=1S/C16H25N3O/c1-11-9-14(12(2)19-18-11)15(17-3)13-5-8-20-16(10-13)6-4-7-16/h9,13,15,17H,4-8,10H2,1-3H3. The fourth-order valence-corrected chi connectivity index (χ4v) is 3.80. The molecular formula is C16H25N3O. The highest BCUT2D eigenvalue weighted by Gasteiger charge is 2.44. The van der Waals surface area contributed by atoms with Gasteiger partial charge in [-0.15, -0.1) is 0 Å². The molecule has 0 amide bonds. The maximum Gasteiger partial charge on any atom is 0.0686 e. The third-order valence-corrected chi connectivity index (χ3v) is 5.05. The number of nitrogens with zero attached hydrogens (tertiary/aromatic N) is 2. The first kappa shape index (κ1) is 14.0. The topological polar surface area (TPSA) is 47.0 Å². The zero-order chi connectivity index (χ0) is 14.2. The number of hydrogen-bond acceptors (Lipinski definition) is 4. The van der Waals surface area contributed by atoms with E-state index in [1.807, 2.05) is 6.92 Å². The summed E-state index contributed by atoms with van der Waals surface area (Å²) >= 11 is 0. The maximum atomic E-state index is 6.06. The van der Waals surface area contributed by atoms with E-state index in [0.717, 1.165) is 24.4 Å². The fraction of sp³-hybridized carbons (Fsp3) is 0.750. The number of nitrogens with one attached hydrogen (secondary N) is 1. The van der Waals surface area contributed by atoms with E-state index in [9.17, 15) is 0 Å². The lowest BCUT2D eigenvalue weighted by Gasteiger charge is -2.49. The monoisotopic (exact) mass is 275 g/mol. The summed E-state index contributed by atoms with van der Waals surface area (Å²) in [5, 5.41) is 12.0. The molecular weight excluding hydrogens is 250 g/mol. The SMILES string of the molecule is CNC(c1cc(C)nnc1C)C1CCOC2(CCC2)C1. The van der Waals surface area contributed by atoms with Crippen LogP contribution in [0.15, 0.2) is 6.07 Å². The second-order valence-electron chi connectivity index (χ2n) is 6.43. The molecule has 0 radical (unpaired) electrons. The van der Waals surface area contributed by atoms with E-state index in [4.69, 9.17) is 4.74 Å². The van der Waals surface area contributed by atoms with Crippen molar-refractivity contribution in [3.8, 4) is 0 Å². The van der Waals surface area contributed by atoms with Gasteiger partial charge in [0, 0.05) is 12.6 Å². The Hall–Kier alpha value is -1.00. The Balaban J connectivity index is 1.83. The Morgan fingerprint density at radius 1 is 1.35 bits per heavy atom. The smallest absolute Gasteiger partial charge is 0.0686 e. The summed E-state index contributed by atoms with van der Waals surface area (Å²) in [6, 6.07) is 2.55. The molecule has 110 valence electrons. The van der Waals surface area contributed by atoms with Crippen LogP contribution in [0.4, 0.5) is 0 Å². The Kier molecular flexibility index (Phi) is 3.78. The molecule has 1 saturated heterocycles. The molecule has 4 heteroatoms. The molecule has 0 aromatic carbocycles. The molecule has 1 aliphatic carbocycles. The van der Waals surface area contributed by atoms with E-state index >= 15 is 0 Å². The zero-order valence-corrected chi connectivity index (χ0v) is 12.8. The second kappa shape index (κ2) is 5.41. The van der Waals surface area contributed by atoms with E-state index in [1.165, 1.54) is 31.2 Å². The van der Waals surface area contributed by atoms with Gasteiger partial charge in [0.2, 0.25) is 0 Å². The largest absolute Gasteiger partial charge is 0.375 e. The minimum absolute atomic E-state index is 0.196. The molecule has 1 saturated carbocycles. The van der Waals surface area contributed by atoms with Crippen LogP contribution in [-0.4, -0.2) is 29.5 Å². The Bertz CT molecular complexity index is 485. The van der Waals surface area contributed by atoms with Crippen LogP contribution in [0.2, 0.25) is 0 Å². The summed E-state index contributed by atoms with van der Waals surface area (Å²) < 4.78 is 6.06. The zero-order valence-electron chi connectivity index (χ0n) is 12.8. The third kappa shape index (κ3) is 2.47. The van der Waals surface area contributed by atoms with Crippen molar-refractivity contribution in [1.82, 2.24) is 15.5 Å². The van der Waals surface area contributed by atoms with Crippen molar-refractivity contribution < 1.29 is 4.74 Å². The minimum atomic E-state index is 0.196. The van der Waals surface area contributed by atoms with E-state index in [0.29, 0.717) is 12.0 Å². The molecule has 1 aromatic heterocycles. The first-order valence-electron chi connectivity index (χ1n) is 7.76. The van der Waals surface area contributed by atoms with Gasteiger partial charge in [-0.05, 0) is 70.5 Å². The van der Waals surface area contributed by atoms with Gasteiger partial charge in [0.25, 0.3) is 0 Å². The summed E-state index contributed by atoms with van der Waals surface area (Å²) in [4.78, 5) is 0. The Morgan fingerprint density at radius 2 is 2.15 bits per heavy atom. The molecule has 4 nitrogen and oxygen atoms in total. The lowest BCUT2D eigenvalue weighted by molar-refractivity contribution is -0.147. The highest BCUT2D eigenvalue weighted by molar-refractivity contribution is 5.25. The van der Waals surface area contributed by atoms with E-state index in [2.05, 4.69) is 35.6 Å². The molecule has 1 aromatic rings. The third-order valence-electron chi connectivity index (χ3n) is 5.05. The summed E-state index contributed by atoms with van der Waals surface area (Å²) in [5.41, 5.74) is 3.54. The van der Waals surface area contributed by atoms with Crippen molar-refractivity contribution in [1.29, 1.82) is 0 Å². The summed E-state index contributed by atoms with van der Waals surface area (Å²) in [6.45, 7) is 4.98. The normalized spacial score (nSPS) is 26.2. The molecule has 0 bridgehead atoms. The van der Waals surface area contributed by atoms with E-state index in [1.54, 1.807) is 0 Å². The first-order valence-corrected chi connectivity index (χ1v) is 7.76. The van der Waals surface area contributed by atoms with Gasteiger partial charge in [0.05, 0.1) is 17.0 Å². The number of ether oxygens (including phenoxy) is 1. The predicted molar refractivity (Wildman–Crippen MR) is 78.6 cm³/mol. The Labute approximate surface area is 121 Å². The van der Waals surface area contributed by atoms with Gasteiger partial charge in [-0.25, -0.2) is 0 Å². The molecule has 3 rings (SSSR count). The van der Waals surface area contributed by atoms with Crippen LogP contribution in [-0.2, 0) is 4.74 Å². The number of aryl methyl sites for hydroxylation is 2. The van der Waals surface area contributed by atoms with Crippen LogP contribution in [0, 0.1) is 19.8 Å². The van der Waals surface area contributed by atoms with Crippen LogP contribution in [0.5, 0.6) is 0 Å². The molecule has 1 N–H and O–H groups in total. The molecule has 1 spiro atoms. The quantitative estimate of drug-likeness (QED) is 0.921. The van der Waals surface area contributed by atoms with E-state index < -0.39 is 0 Å². The van der Waals surface area contributed by atoms with Gasteiger partial charge in [-0.3, -0.25) is 0 Å². The lowest BCUT2D eigenvalue weighted by Crippen LogP contribution is -2.47. The molecule has 2 heterocycles. The molecule has 2 unspecified atom stereocenters. The molecule has 2 atom stereocenters. The summed E-state index contributed by atoms with van der Waals surface area (Å²) in [6.07, 6.45) is 6.12. The average Bonchev–Trinajstić information content (AvgIpc) is 2.42. The van der Waals surface area contributed by atoms with Crippen molar-refractivity contribution in [2.24, 2.45) is 5.92 Å². The summed E-state index contributed by atoms with van der Waals surface area (Å²) in [5.74, 6) is 0.636. The number of aromatic nitrogens is 2. The number of rotatable bonds is 3. The first-order chi connectivity index (χ1) is 9.63. The van der Waals surface area contributed by atoms with Crippen molar-refractivity contribution in [2.75, 3.05) is 13.7 Å². The van der Waals surface area contributed by atoms with Crippen molar-refractivity contribution in [3.63, 3.8) is 0 Å². The minimum Gasteiger partial charge on any atom is -0.375 e. The summed E-state index contributed by atoms with van der Waals surface area (Å²) in [7, 11) is 2.06. The van der Waals surface area contributed by atoms with Crippen LogP contribution in [0.25, 0.3) is 0 Å². The van der Waals surface area contributed by atoms with Gasteiger partial charge in [-0.2, -0.15) is 10.2 Å². The molecule has 2 aliphatic rings.